The Kier molecular flexibility index (Phi) is 4.20. The smallest absolute Gasteiger partial charge is 0.373 e. The van der Waals surface area contributed by atoms with E-state index in [1.165, 1.54) is 7.11 Å². The Morgan fingerprint density at radius 2 is 2.10 bits per heavy atom. The summed E-state index contributed by atoms with van der Waals surface area (Å²) in [6, 6.07) is 3.79. The summed E-state index contributed by atoms with van der Waals surface area (Å²) in [5, 5.41) is 3.48. The van der Waals surface area contributed by atoms with Crippen molar-refractivity contribution in [1.29, 1.82) is 0 Å². The summed E-state index contributed by atoms with van der Waals surface area (Å²) in [7, 11) is 3.10. The highest BCUT2D eigenvalue weighted by Crippen LogP contribution is 2.46. The molecule has 1 aromatic heterocycles. The van der Waals surface area contributed by atoms with Crippen LogP contribution >= 0.6 is 0 Å². The van der Waals surface area contributed by atoms with E-state index in [1.807, 2.05) is 0 Å². The van der Waals surface area contributed by atoms with Gasteiger partial charge < -0.3 is 19.2 Å². The summed E-state index contributed by atoms with van der Waals surface area (Å²) in [5.41, 5.74) is 0.0892. The highest BCUT2D eigenvalue weighted by molar-refractivity contribution is 5.86. The molecule has 0 unspecified atom stereocenters. The number of hydrogen-bond donors (Lipinski definition) is 1. The van der Waals surface area contributed by atoms with Gasteiger partial charge in [-0.15, -0.1) is 0 Å². The fourth-order valence-electron chi connectivity index (χ4n) is 3.45. The molecule has 1 heterocycles. The predicted molar refractivity (Wildman–Crippen MR) is 74.4 cm³/mol. The molecular weight excluding hydrogens is 258 g/mol. The second-order valence-electron chi connectivity index (χ2n) is 5.95. The lowest BCUT2D eigenvalue weighted by Gasteiger charge is -2.56. The van der Waals surface area contributed by atoms with E-state index < -0.39 is 5.97 Å². The zero-order valence-electron chi connectivity index (χ0n) is 12.7. The molecule has 1 aliphatic carbocycles. The number of methoxy groups -OCH3 is 2. The summed E-state index contributed by atoms with van der Waals surface area (Å²) in [5.74, 6) is 0.965. The molecule has 0 bridgehead atoms. The third kappa shape index (κ3) is 2.47. The van der Waals surface area contributed by atoms with E-state index in [4.69, 9.17) is 9.15 Å². The van der Waals surface area contributed by atoms with Crippen LogP contribution in [-0.2, 0) is 16.0 Å². The highest BCUT2D eigenvalue weighted by Gasteiger charge is 2.54. The predicted octanol–water partition coefficient (Wildman–Crippen LogP) is 2.22. The van der Waals surface area contributed by atoms with E-state index >= 15 is 0 Å². The van der Waals surface area contributed by atoms with E-state index in [-0.39, 0.29) is 17.3 Å². The average molecular weight is 281 g/mol. The second-order valence-corrected chi connectivity index (χ2v) is 5.95. The lowest BCUT2D eigenvalue weighted by Crippen LogP contribution is -2.66. The molecule has 1 aromatic rings. The Morgan fingerprint density at radius 3 is 2.65 bits per heavy atom. The first-order chi connectivity index (χ1) is 9.41. The van der Waals surface area contributed by atoms with Crippen molar-refractivity contribution in [2.75, 3.05) is 14.2 Å². The van der Waals surface area contributed by atoms with Gasteiger partial charge >= 0.3 is 5.97 Å². The van der Waals surface area contributed by atoms with Gasteiger partial charge in [0, 0.05) is 18.6 Å². The van der Waals surface area contributed by atoms with Crippen LogP contribution in [0.3, 0.4) is 0 Å². The topological polar surface area (TPSA) is 60.7 Å². The molecular formula is C15H23NO4. The van der Waals surface area contributed by atoms with Crippen molar-refractivity contribution in [2.45, 2.75) is 39.5 Å². The van der Waals surface area contributed by atoms with Gasteiger partial charge in [0.05, 0.1) is 19.8 Å². The van der Waals surface area contributed by atoms with E-state index in [1.54, 1.807) is 19.2 Å². The lowest BCUT2D eigenvalue weighted by atomic mass is 9.58. The van der Waals surface area contributed by atoms with Crippen molar-refractivity contribution in [2.24, 2.45) is 11.3 Å². The number of carbonyl (C=O) groups excluding carboxylic acids is 1. The van der Waals surface area contributed by atoms with Crippen LogP contribution in [0, 0.1) is 11.3 Å². The molecule has 0 radical (unpaired) electrons. The zero-order valence-corrected chi connectivity index (χ0v) is 12.7. The van der Waals surface area contributed by atoms with Gasteiger partial charge in [-0.2, -0.15) is 0 Å². The van der Waals surface area contributed by atoms with Gasteiger partial charge in [-0.1, -0.05) is 20.8 Å². The lowest BCUT2D eigenvalue weighted by molar-refractivity contribution is -0.145. The monoisotopic (exact) mass is 281 g/mol. The van der Waals surface area contributed by atoms with E-state index in [2.05, 4.69) is 30.8 Å². The van der Waals surface area contributed by atoms with Crippen LogP contribution in [0.4, 0.5) is 0 Å². The first kappa shape index (κ1) is 15.1. The molecule has 1 aliphatic rings. The number of rotatable bonds is 5. The summed E-state index contributed by atoms with van der Waals surface area (Å²) >= 11 is 0. The van der Waals surface area contributed by atoms with Gasteiger partial charge in [-0.3, -0.25) is 0 Å². The van der Waals surface area contributed by atoms with E-state index in [0.717, 1.165) is 5.76 Å². The van der Waals surface area contributed by atoms with Crippen LogP contribution in [0.15, 0.2) is 16.5 Å². The number of nitrogens with one attached hydrogen (secondary N) is 1. The molecule has 0 aromatic carbocycles. The molecule has 1 N–H and O–H groups in total. The Labute approximate surface area is 119 Å². The van der Waals surface area contributed by atoms with Crippen LogP contribution in [0.2, 0.25) is 0 Å². The number of ether oxygens (including phenoxy) is 2. The van der Waals surface area contributed by atoms with Crippen LogP contribution in [0.5, 0.6) is 0 Å². The molecule has 2 rings (SSSR count). The molecule has 0 aliphatic heterocycles. The quantitative estimate of drug-likeness (QED) is 0.839. The van der Waals surface area contributed by atoms with E-state index in [0.29, 0.717) is 18.5 Å². The highest BCUT2D eigenvalue weighted by atomic mass is 16.5. The summed E-state index contributed by atoms with van der Waals surface area (Å²) < 4.78 is 15.6. The van der Waals surface area contributed by atoms with Crippen molar-refractivity contribution in [3.05, 3.63) is 23.7 Å². The van der Waals surface area contributed by atoms with Gasteiger partial charge in [-0.05, 0) is 18.1 Å². The standard InChI is InChI=1S/C15H23NO4/c1-9-12(15(2,3)13(9)18-4)16-8-10-6-7-11(20-10)14(17)19-5/h6-7,9,12-13,16H,8H2,1-5H3/t9-,12+,13-/m0/s1. The van der Waals surface area contributed by atoms with Crippen LogP contribution in [0.1, 0.15) is 37.1 Å². The van der Waals surface area contributed by atoms with Crippen LogP contribution in [-0.4, -0.2) is 32.3 Å². The van der Waals surface area contributed by atoms with Gasteiger partial charge in [-0.25, -0.2) is 4.79 Å². The Morgan fingerprint density at radius 1 is 1.40 bits per heavy atom. The summed E-state index contributed by atoms with van der Waals surface area (Å²) in [4.78, 5) is 11.3. The maximum absolute atomic E-state index is 11.3. The second kappa shape index (κ2) is 5.58. The largest absolute Gasteiger partial charge is 0.463 e. The number of hydrogen-bond acceptors (Lipinski definition) is 5. The Bertz CT molecular complexity index is 480. The third-order valence-corrected chi connectivity index (χ3v) is 4.34. The number of furan rings is 1. The normalized spacial score (nSPS) is 27.9. The van der Waals surface area contributed by atoms with Crippen molar-refractivity contribution in [1.82, 2.24) is 5.32 Å². The van der Waals surface area contributed by atoms with Crippen LogP contribution < -0.4 is 5.32 Å². The fraction of sp³-hybridized carbons (Fsp3) is 0.667. The fourth-order valence-corrected chi connectivity index (χ4v) is 3.45. The SMILES string of the molecule is COC(=O)c1ccc(CN[C@@H]2[C@H](C)[C@H](OC)C2(C)C)o1. The van der Waals surface area contributed by atoms with Crippen LogP contribution in [0.25, 0.3) is 0 Å². The maximum Gasteiger partial charge on any atom is 0.373 e. The summed E-state index contributed by atoms with van der Waals surface area (Å²) in [6.07, 6.45) is 0.266. The maximum atomic E-state index is 11.3. The molecule has 0 spiro atoms. The molecule has 0 amide bonds. The minimum absolute atomic E-state index is 0.0892. The van der Waals surface area contributed by atoms with Gasteiger partial charge in [0.15, 0.2) is 0 Å². The van der Waals surface area contributed by atoms with Crippen molar-refractivity contribution in [3.63, 3.8) is 0 Å². The van der Waals surface area contributed by atoms with E-state index in [9.17, 15) is 4.79 Å². The van der Waals surface area contributed by atoms with Crippen molar-refractivity contribution < 1.29 is 18.7 Å². The first-order valence-electron chi connectivity index (χ1n) is 6.85. The molecule has 1 fully saturated rings. The zero-order chi connectivity index (χ0) is 14.9. The minimum atomic E-state index is -0.451. The molecule has 5 heteroatoms. The molecule has 5 nitrogen and oxygen atoms in total. The Balaban J connectivity index is 1.93. The molecule has 20 heavy (non-hydrogen) atoms. The molecule has 112 valence electrons. The van der Waals surface area contributed by atoms with Gasteiger partial charge in [0.2, 0.25) is 5.76 Å². The van der Waals surface area contributed by atoms with Gasteiger partial charge in [0.1, 0.15) is 5.76 Å². The number of carbonyl (C=O) groups is 1. The molecule has 1 saturated carbocycles. The summed E-state index contributed by atoms with van der Waals surface area (Å²) in [6.45, 7) is 7.16. The molecule has 3 atom stereocenters. The average Bonchev–Trinajstić information content (AvgIpc) is 2.86. The number of esters is 1. The van der Waals surface area contributed by atoms with Crippen molar-refractivity contribution >= 4 is 5.97 Å². The minimum Gasteiger partial charge on any atom is -0.463 e. The molecule has 0 saturated heterocycles. The first-order valence-corrected chi connectivity index (χ1v) is 6.85. The van der Waals surface area contributed by atoms with Crippen molar-refractivity contribution in [3.8, 4) is 0 Å². The third-order valence-electron chi connectivity index (χ3n) is 4.34. The van der Waals surface area contributed by atoms with Gasteiger partial charge in [0.25, 0.3) is 0 Å². The Hall–Kier alpha value is -1.33.